The summed E-state index contributed by atoms with van der Waals surface area (Å²) in [6.07, 6.45) is 1.54. The summed E-state index contributed by atoms with van der Waals surface area (Å²) < 4.78 is 10.7. The highest BCUT2D eigenvalue weighted by Crippen LogP contribution is 2.27. The highest BCUT2D eigenvalue weighted by Gasteiger charge is 2.47. The number of hydrogen-bond donors (Lipinski definition) is 4. The van der Waals surface area contributed by atoms with Crippen LogP contribution in [0.5, 0.6) is 0 Å². The third kappa shape index (κ3) is 23.8. The lowest BCUT2D eigenvalue weighted by molar-refractivity contribution is -0.164. The minimum atomic E-state index is -1.73. The van der Waals surface area contributed by atoms with Gasteiger partial charge in [-0.25, -0.2) is 4.79 Å². The topological polar surface area (TPSA) is 311 Å². The summed E-state index contributed by atoms with van der Waals surface area (Å²) >= 11 is 0. The highest BCUT2D eigenvalue weighted by atomic mass is 16.5. The minimum Gasteiger partial charge on any atom is -0.466 e. The predicted octanol–water partition coefficient (Wildman–Crippen LogP) is 2.99. The molecular formula is C65H113N11O15. The van der Waals surface area contributed by atoms with Gasteiger partial charge in [0.2, 0.25) is 65.0 Å². The zero-order valence-electron chi connectivity index (χ0n) is 59.3. The van der Waals surface area contributed by atoms with Gasteiger partial charge in [0.1, 0.15) is 66.5 Å². The first kappa shape index (κ1) is 81.9. The molecular weight excluding hydrogens is 1170 g/mol. The number of rotatable bonds is 17. The van der Waals surface area contributed by atoms with Crippen molar-refractivity contribution in [3.63, 3.8) is 0 Å². The number of ether oxygens (including phenoxy) is 2. The van der Waals surface area contributed by atoms with Crippen molar-refractivity contribution >= 4 is 76.9 Å². The Labute approximate surface area is 541 Å². The van der Waals surface area contributed by atoms with Crippen LogP contribution in [0.15, 0.2) is 12.2 Å². The van der Waals surface area contributed by atoms with Crippen LogP contribution in [-0.4, -0.2) is 241 Å². The average Bonchev–Trinajstić information content (AvgIpc) is 0.823. The summed E-state index contributed by atoms with van der Waals surface area (Å²) in [5, 5.41) is 10.9. The van der Waals surface area contributed by atoms with Crippen LogP contribution in [0.2, 0.25) is 0 Å². The van der Waals surface area contributed by atoms with E-state index in [4.69, 9.17) is 9.47 Å². The van der Waals surface area contributed by atoms with Crippen molar-refractivity contribution in [1.29, 1.82) is 0 Å². The largest absolute Gasteiger partial charge is 0.466 e. The van der Waals surface area contributed by atoms with E-state index in [0.717, 1.165) is 22.8 Å². The van der Waals surface area contributed by atoms with Gasteiger partial charge in [-0.2, -0.15) is 0 Å². The van der Waals surface area contributed by atoms with Crippen molar-refractivity contribution in [2.45, 2.75) is 223 Å². The van der Waals surface area contributed by atoms with Crippen molar-refractivity contribution in [3.05, 3.63) is 12.2 Å². The molecule has 1 aliphatic rings. The zero-order chi connectivity index (χ0) is 70.5. The van der Waals surface area contributed by atoms with Gasteiger partial charge in [0, 0.05) is 62.3 Å². The fraction of sp³-hybridized carbons (Fsp3) is 0.769. The Morgan fingerprint density at radius 3 is 1.37 bits per heavy atom. The molecule has 12 atom stereocenters. The molecule has 1 rings (SSSR count). The number of amides is 11. The SMILES string of the molecule is CC[C@H]1NC(=O)[C@H]([C@H](OC(C)=O)[C@H](C)C/C=C/C(=O)OC)N(C)C(=O)[C@@H](C(C)C)N(C)C(=O)[C@@H](CC(C)C)N(C)C(=O)[C@H](CC(C)C)N(C)C(=O)[C@H](C)NC(=O)[C@@H](C)NC(=O)[C@@H](CC(C)C)N(C)C(=O)[C@@H](C(C)C)NC(=O)[C@H](CC(C)C)N(C)C(=O)CN(C)C1=O. The first-order valence-electron chi connectivity index (χ1n) is 32.0. The third-order valence-corrected chi connectivity index (χ3v) is 16.6. The number of likely N-dealkylation sites (N-methyl/N-ethyl adjacent to an activating group) is 7. The number of allylic oxidation sites excluding steroid dienone is 1. The summed E-state index contributed by atoms with van der Waals surface area (Å²) in [4.78, 5) is 195. The maximum atomic E-state index is 15.5. The molecule has 0 aromatic heterocycles. The molecule has 1 fully saturated rings. The maximum Gasteiger partial charge on any atom is 0.330 e. The maximum absolute atomic E-state index is 15.5. The molecule has 0 aliphatic carbocycles. The van der Waals surface area contributed by atoms with E-state index < -0.39 is 168 Å². The molecule has 26 nitrogen and oxygen atoms in total. The van der Waals surface area contributed by atoms with Gasteiger partial charge in [-0.3, -0.25) is 57.5 Å². The van der Waals surface area contributed by atoms with Gasteiger partial charge < -0.3 is 65.0 Å². The molecule has 1 saturated heterocycles. The standard InChI is InChI=1S/C65H113N11O15/c1-26-45-61(85)70(18)34-50(78)71(19)46(30-35(2)3)58(82)69-52(39(10)11)64(88)72(20)47(31-36(4)5)57(81)66-42(15)56(80)67-43(16)60(84)73(21)48(32-37(6)7)62(86)74(22)49(33-38(8)9)63(87)75(23)53(40(12)13)65(89)76(24)54(59(83)68-45)55(91-44(17)77)41(14)28-27-29-51(79)90-25/h27,29,35-43,45-49,52-55H,26,28,30-34H2,1-25H3,(H,66,81)(H,67,80)(H,68,83)(H,69,82)/b29-27+/t41-,42-,43+,45-,46+,47-,48+,49-,52-,53-,54+,55-/m1/s1. The number of methoxy groups -OCH3 is 1. The Morgan fingerprint density at radius 1 is 0.495 bits per heavy atom. The second-order valence-corrected chi connectivity index (χ2v) is 27.0. The van der Waals surface area contributed by atoms with Crippen LogP contribution in [0.1, 0.15) is 156 Å². The zero-order valence-corrected chi connectivity index (χ0v) is 59.3. The second kappa shape index (κ2) is 37.4. The quantitative estimate of drug-likeness (QED) is 0.120. The van der Waals surface area contributed by atoms with Gasteiger partial charge in [0.15, 0.2) is 0 Å². The fourth-order valence-corrected chi connectivity index (χ4v) is 11.1. The summed E-state index contributed by atoms with van der Waals surface area (Å²) in [6.45, 7) is 28.1. The van der Waals surface area contributed by atoms with Crippen LogP contribution >= 0.6 is 0 Å². The highest BCUT2D eigenvalue weighted by molar-refractivity contribution is 5.99. The van der Waals surface area contributed by atoms with E-state index in [2.05, 4.69) is 21.3 Å². The van der Waals surface area contributed by atoms with Crippen LogP contribution in [-0.2, 0) is 71.8 Å². The van der Waals surface area contributed by atoms with Gasteiger partial charge in [-0.1, -0.05) is 103 Å². The normalized spacial score (nSPS) is 25.7. The molecule has 0 aromatic rings. The number of nitrogens with zero attached hydrogens (tertiary/aromatic N) is 7. The van der Waals surface area contributed by atoms with E-state index in [0.29, 0.717) is 0 Å². The Balaban J connectivity index is 4.48. The summed E-state index contributed by atoms with van der Waals surface area (Å²) in [7, 11) is 10.9. The van der Waals surface area contributed by atoms with Crippen molar-refractivity contribution in [2.24, 2.45) is 41.4 Å². The molecule has 26 heteroatoms. The Morgan fingerprint density at radius 2 is 0.923 bits per heavy atom. The fourth-order valence-electron chi connectivity index (χ4n) is 11.1. The molecule has 91 heavy (non-hydrogen) atoms. The van der Waals surface area contributed by atoms with Crippen LogP contribution in [0.3, 0.4) is 0 Å². The Kier molecular flexibility index (Phi) is 33.6. The van der Waals surface area contributed by atoms with Gasteiger partial charge in [-0.15, -0.1) is 0 Å². The first-order chi connectivity index (χ1) is 42.0. The monoisotopic (exact) mass is 1290 g/mol. The molecule has 518 valence electrons. The summed E-state index contributed by atoms with van der Waals surface area (Å²) in [5.41, 5.74) is 0. The van der Waals surface area contributed by atoms with E-state index in [9.17, 15) is 43.2 Å². The lowest BCUT2D eigenvalue weighted by Crippen LogP contribution is -2.64. The van der Waals surface area contributed by atoms with E-state index in [1.807, 2.05) is 55.4 Å². The molecule has 1 aliphatic heterocycles. The molecule has 0 radical (unpaired) electrons. The van der Waals surface area contributed by atoms with E-state index in [1.165, 1.54) is 101 Å². The van der Waals surface area contributed by atoms with Crippen molar-refractivity contribution in [2.75, 3.05) is 63.0 Å². The van der Waals surface area contributed by atoms with Crippen molar-refractivity contribution < 1.29 is 71.8 Å². The minimum absolute atomic E-state index is 0.000504. The predicted molar refractivity (Wildman–Crippen MR) is 344 cm³/mol. The number of carbonyl (C=O) groups is 13. The molecule has 0 bridgehead atoms. The van der Waals surface area contributed by atoms with Gasteiger partial charge >= 0.3 is 11.9 Å². The molecule has 0 unspecified atom stereocenters. The van der Waals surface area contributed by atoms with Crippen molar-refractivity contribution in [3.8, 4) is 0 Å². The smallest absolute Gasteiger partial charge is 0.330 e. The van der Waals surface area contributed by atoms with Gasteiger partial charge in [-0.05, 0) is 93.8 Å². The number of hydrogen-bond acceptors (Lipinski definition) is 15. The van der Waals surface area contributed by atoms with E-state index in [-0.39, 0.29) is 62.2 Å². The summed E-state index contributed by atoms with van der Waals surface area (Å²) in [6, 6.07) is -12.9. The molecule has 0 saturated carbocycles. The van der Waals surface area contributed by atoms with Gasteiger partial charge in [0.25, 0.3) is 0 Å². The first-order valence-corrected chi connectivity index (χ1v) is 32.0. The molecule has 0 aromatic carbocycles. The van der Waals surface area contributed by atoms with Crippen LogP contribution in [0, 0.1) is 41.4 Å². The average molecular weight is 1290 g/mol. The van der Waals surface area contributed by atoms with E-state index >= 15 is 19.2 Å². The number of nitrogens with one attached hydrogen (secondary N) is 4. The van der Waals surface area contributed by atoms with Crippen LogP contribution < -0.4 is 21.3 Å². The van der Waals surface area contributed by atoms with E-state index in [1.54, 1.807) is 41.5 Å². The number of esters is 2. The van der Waals surface area contributed by atoms with Crippen LogP contribution in [0.4, 0.5) is 0 Å². The summed E-state index contributed by atoms with van der Waals surface area (Å²) in [5.74, 6) is -12.2. The Hall–Kier alpha value is -7.15. The lowest BCUT2D eigenvalue weighted by Gasteiger charge is -2.42. The van der Waals surface area contributed by atoms with Crippen LogP contribution in [0.25, 0.3) is 0 Å². The molecule has 4 N–H and O–H groups in total. The number of carbonyl (C=O) groups excluding carboxylic acids is 13. The van der Waals surface area contributed by atoms with Crippen molar-refractivity contribution in [1.82, 2.24) is 55.6 Å². The second-order valence-electron chi connectivity index (χ2n) is 27.0. The third-order valence-electron chi connectivity index (χ3n) is 16.6. The molecule has 11 amide bonds. The van der Waals surface area contributed by atoms with Gasteiger partial charge in [0.05, 0.1) is 13.7 Å². The Bertz CT molecular complexity index is 2570. The molecule has 0 spiro atoms. The molecule has 1 heterocycles. The lowest BCUT2D eigenvalue weighted by atomic mass is 9.91.